The van der Waals surface area contributed by atoms with E-state index < -0.39 is 0 Å². The van der Waals surface area contributed by atoms with Crippen LogP contribution in [0.25, 0.3) is 0 Å². The molecule has 1 unspecified atom stereocenters. The normalized spacial score (nSPS) is 12.4. The second-order valence-electron chi connectivity index (χ2n) is 10.5. The lowest BCUT2D eigenvalue weighted by atomic mass is 9.78. The molecule has 0 radical (unpaired) electrons. The molecule has 0 saturated carbocycles. The lowest BCUT2D eigenvalue weighted by Gasteiger charge is -2.29. The van der Waals surface area contributed by atoms with E-state index in [9.17, 15) is 9.59 Å². The fourth-order valence-electron chi connectivity index (χ4n) is 4.78. The first-order chi connectivity index (χ1) is 17.3. The predicted molar refractivity (Wildman–Crippen MR) is 148 cm³/mol. The molecule has 2 aromatic rings. The van der Waals surface area contributed by atoms with Crippen LogP contribution in [0.1, 0.15) is 118 Å². The summed E-state index contributed by atoms with van der Waals surface area (Å²) < 4.78 is 12.0. The highest BCUT2D eigenvalue weighted by Crippen LogP contribution is 2.39. The smallest absolute Gasteiger partial charge is 0.343 e. The Morgan fingerprint density at radius 1 is 1.03 bits per heavy atom. The Balaban J connectivity index is 2.46. The molecule has 2 aromatic carbocycles. The molecule has 0 aliphatic heterocycles. The Labute approximate surface area is 218 Å². The fraction of sp³-hybridized carbons (Fsp3) is 0.562. The number of benzene rings is 2. The third kappa shape index (κ3) is 8.58. The van der Waals surface area contributed by atoms with Crippen molar-refractivity contribution in [3.05, 3.63) is 64.2 Å². The van der Waals surface area contributed by atoms with Gasteiger partial charge in [-0.1, -0.05) is 64.8 Å². The molecule has 0 aliphatic carbocycles. The number of carbonyl (C=O) groups excluding carboxylic acids is 2. The monoisotopic (exact) mass is 494 g/mol. The quantitative estimate of drug-likeness (QED) is 0.102. The first-order valence-electron chi connectivity index (χ1n) is 13.7. The Hall–Kier alpha value is -2.46. The van der Waals surface area contributed by atoms with Gasteiger partial charge in [0.05, 0.1) is 12.2 Å². The van der Waals surface area contributed by atoms with Crippen LogP contribution in [0.3, 0.4) is 0 Å². The summed E-state index contributed by atoms with van der Waals surface area (Å²) in [6.45, 7) is 14.1. The minimum atomic E-state index is -0.343. The number of aryl methyl sites for hydroxylation is 2. The van der Waals surface area contributed by atoms with E-state index in [1.165, 1.54) is 11.1 Å². The zero-order chi connectivity index (χ0) is 26.6. The lowest BCUT2D eigenvalue weighted by Crippen LogP contribution is -2.20. The molecule has 0 heterocycles. The van der Waals surface area contributed by atoms with Gasteiger partial charge in [0.1, 0.15) is 12.0 Å². The van der Waals surface area contributed by atoms with Gasteiger partial charge in [-0.3, -0.25) is 0 Å². The summed E-state index contributed by atoms with van der Waals surface area (Å²) in [6, 6.07) is 12.1. The van der Waals surface area contributed by atoms with Crippen LogP contribution < -0.4 is 4.74 Å². The van der Waals surface area contributed by atoms with Crippen LogP contribution >= 0.6 is 0 Å². The summed E-state index contributed by atoms with van der Waals surface area (Å²) in [6.07, 6.45) is 8.51. The van der Waals surface area contributed by atoms with Crippen molar-refractivity contribution in [3.63, 3.8) is 0 Å². The van der Waals surface area contributed by atoms with Crippen LogP contribution in [0.2, 0.25) is 0 Å². The molecule has 2 rings (SSSR count). The van der Waals surface area contributed by atoms with Crippen LogP contribution in [0.15, 0.2) is 36.4 Å². The topological polar surface area (TPSA) is 52.6 Å². The molecule has 1 atom stereocenters. The van der Waals surface area contributed by atoms with Crippen LogP contribution in [-0.2, 0) is 21.4 Å². The summed E-state index contributed by atoms with van der Waals surface area (Å²) in [7, 11) is 0. The van der Waals surface area contributed by atoms with Crippen molar-refractivity contribution in [1.29, 1.82) is 0 Å². The van der Waals surface area contributed by atoms with Gasteiger partial charge in [0, 0.05) is 24.5 Å². The average molecular weight is 495 g/mol. The summed E-state index contributed by atoms with van der Waals surface area (Å²) >= 11 is 0. The average Bonchev–Trinajstić information content (AvgIpc) is 2.86. The Bertz CT molecular complexity index is 959. The van der Waals surface area contributed by atoms with E-state index >= 15 is 0 Å². The number of esters is 1. The first-order valence-corrected chi connectivity index (χ1v) is 13.7. The van der Waals surface area contributed by atoms with Crippen molar-refractivity contribution in [2.45, 2.75) is 104 Å². The van der Waals surface area contributed by atoms with E-state index in [-0.39, 0.29) is 17.3 Å². The van der Waals surface area contributed by atoms with Crippen molar-refractivity contribution >= 4 is 12.3 Å². The molecule has 0 spiro atoms. The van der Waals surface area contributed by atoms with Gasteiger partial charge in [0.15, 0.2) is 0 Å². The molecule has 0 aliphatic rings. The van der Waals surface area contributed by atoms with Crippen LogP contribution in [0.4, 0.5) is 0 Å². The predicted octanol–water partition coefficient (Wildman–Crippen LogP) is 8.12. The van der Waals surface area contributed by atoms with Gasteiger partial charge in [-0.15, -0.1) is 0 Å². The first kappa shape index (κ1) is 29.8. The SMILES string of the molecule is CCCCc1ccc(C(=O)Oc2c(C)cc(C(C)(C)CCC)cc2C(CCCC=O)COCC)cc1. The van der Waals surface area contributed by atoms with Gasteiger partial charge in [-0.25, -0.2) is 4.79 Å². The number of rotatable bonds is 16. The molecule has 36 heavy (non-hydrogen) atoms. The number of hydrogen-bond acceptors (Lipinski definition) is 4. The van der Waals surface area contributed by atoms with E-state index in [4.69, 9.17) is 9.47 Å². The standard InChI is InChI=1S/C32H46O4/c1-7-10-13-25-15-17-26(18-16-25)31(34)36-30-24(4)21-28(32(5,6)19-8-2)22-29(30)27(23-35-9-3)14-11-12-20-33/h15-18,20-22,27H,7-14,19,23H2,1-6H3. The van der Waals surface area contributed by atoms with Gasteiger partial charge in [-0.2, -0.15) is 0 Å². The molecular formula is C32H46O4. The number of hydrogen-bond donors (Lipinski definition) is 0. The molecule has 0 saturated heterocycles. The van der Waals surface area contributed by atoms with E-state index in [2.05, 4.69) is 39.8 Å². The fourth-order valence-corrected chi connectivity index (χ4v) is 4.78. The molecular weight excluding hydrogens is 448 g/mol. The summed E-state index contributed by atoms with van der Waals surface area (Å²) in [5.74, 6) is 0.326. The van der Waals surface area contributed by atoms with Crippen molar-refractivity contribution in [3.8, 4) is 5.75 Å². The molecule has 0 N–H and O–H groups in total. The largest absolute Gasteiger partial charge is 0.422 e. The Morgan fingerprint density at radius 2 is 1.75 bits per heavy atom. The van der Waals surface area contributed by atoms with Gasteiger partial charge < -0.3 is 14.3 Å². The Morgan fingerprint density at radius 3 is 2.36 bits per heavy atom. The number of unbranched alkanes of at least 4 members (excludes halogenated alkanes) is 2. The Kier molecular flexibility index (Phi) is 12.4. The second-order valence-corrected chi connectivity index (χ2v) is 10.5. The molecule has 0 aromatic heterocycles. The number of aldehydes is 1. The van der Waals surface area contributed by atoms with Crippen molar-refractivity contribution in [1.82, 2.24) is 0 Å². The van der Waals surface area contributed by atoms with E-state index in [0.29, 0.717) is 30.9 Å². The maximum atomic E-state index is 13.2. The molecule has 4 nitrogen and oxygen atoms in total. The summed E-state index contributed by atoms with van der Waals surface area (Å²) in [5.41, 5.74) is 4.99. The molecule has 4 heteroatoms. The zero-order valence-corrected chi connectivity index (χ0v) is 23.3. The maximum Gasteiger partial charge on any atom is 0.343 e. The second kappa shape index (κ2) is 14.9. The minimum absolute atomic E-state index is 0.00405. The third-order valence-electron chi connectivity index (χ3n) is 7.00. The number of ether oxygens (including phenoxy) is 2. The van der Waals surface area contributed by atoms with Crippen molar-refractivity contribution in [2.75, 3.05) is 13.2 Å². The van der Waals surface area contributed by atoms with Gasteiger partial charge in [-0.05, 0) is 80.2 Å². The van der Waals surface area contributed by atoms with Crippen LogP contribution in [0, 0.1) is 6.92 Å². The third-order valence-corrected chi connectivity index (χ3v) is 7.00. The maximum absolute atomic E-state index is 13.2. The highest BCUT2D eigenvalue weighted by atomic mass is 16.5. The van der Waals surface area contributed by atoms with Crippen molar-refractivity contribution in [2.24, 2.45) is 0 Å². The van der Waals surface area contributed by atoms with Crippen LogP contribution in [-0.4, -0.2) is 25.5 Å². The van der Waals surface area contributed by atoms with E-state index in [0.717, 1.165) is 62.4 Å². The van der Waals surface area contributed by atoms with E-state index in [1.54, 1.807) is 0 Å². The molecule has 198 valence electrons. The van der Waals surface area contributed by atoms with Crippen molar-refractivity contribution < 1.29 is 19.1 Å². The minimum Gasteiger partial charge on any atom is -0.422 e. The highest BCUT2D eigenvalue weighted by Gasteiger charge is 2.27. The molecule has 0 fully saturated rings. The zero-order valence-electron chi connectivity index (χ0n) is 23.3. The van der Waals surface area contributed by atoms with Gasteiger partial charge in [0.2, 0.25) is 0 Å². The number of carbonyl (C=O) groups is 2. The summed E-state index contributed by atoms with van der Waals surface area (Å²) in [5, 5.41) is 0. The van der Waals surface area contributed by atoms with Gasteiger partial charge in [0.25, 0.3) is 0 Å². The molecule has 0 bridgehead atoms. The lowest BCUT2D eigenvalue weighted by molar-refractivity contribution is -0.108. The highest BCUT2D eigenvalue weighted by molar-refractivity contribution is 5.91. The van der Waals surface area contributed by atoms with Gasteiger partial charge >= 0.3 is 5.97 Å². The molecule has 0 amide bonds. The van der Waals surface area contributed by atoms with E-state index in [1.807, 2.05) is 38.1 Å². The summed E-state index contributed by atoms with van der Waals surface area (Å²) in [4.78, 5) is 24.2. The van der Waals surface area contributed by atoms with Crippen LogP contribution in [0.5, 0.6) is 5.75 Å².